The summed E-state index contributed by atoms with van der Waals surface area (Å²) in [5, 5.41) is 8.59. The molecule has 122 valence electrons. The minimum atomic E-state index is 0.403. The summed E-state index contributed by atoms with van der Waals surface area (Å²) in [5.74, 6) is 1.86. The average Bonchev–Trinajstić information content (AvgIpc) is 2.97. The van der Waals surface area contributed by atoms with E-state index in [0.29, 0.717) is 5.41 Å². The number of nitrogens with zero attached hydrogens (tertiary/aromatic N) is 5. The van der Waals surface area contributed by atoms with E-state index in [2.05, 4.69) is 36.5 Å². The zero-order chi connectivity index (χ0) is 16.1. The first kappa shape index (κ1) is 13.7. The lowest BCUT2D eigenvalue weighted by atomic mass is 9.73. The van der Waals surface area contributed by atoms with E-state index in [4.69, 9.17) is 4.74 Å². The number of hydrogen-bond acceptors (Lipinski definition) is 5. The van der Waals surface area contributed by atoms with Crippen LogP contribution in [-0.2, 0) is 0 Å². The molecule has 2 fully saturated rings. The second-order valence-electron chi connectivity index (χ2n) is 6.84. The van der Waals surface area contributed by atoms with Gasteiger partial charge in [-0.25, -0.2) is 0 Å². The van der Waals surface area contributed by atoms with E-state index in [1.165, 1.54) is 5.69 Å². The van der Waals surface area contributed by atoms with E-state index in [-0.39, 0.29) is 0 Å². The molecule has 0 unspecified atom stereocenters. The molecule has 6 heteroatoms. The first-order chi connectivity index (χ1) is 11.8. The van der Waals surface area contributed by atoms with Crippen LogP contribution in [0.15, 0.2) is 48.7 Å². The first-order valence-corrected chi connectivity index (χ1v) is 8.20. The average molecular weight is 321 g/mol. The molecule has 0 saturated carbocycles. The van der Waals surface area contributed by atoms with Gasteiger partial charge in [0.15, 0.2) is 5.65 Å². The van der Waals surface area contributed by atoms with Gasteiger partial charge in [0.2, 0.25) is 5.95 Å². The predicted octanol–water partition coefficient (Wildman–Crippen LogP) is 2.06. The van der Waals surface area contributed by atoms with Gasteiger partial charge in [0.05, 0.1) is 7.11 Å². The normalized spacial score (nSPS) is 18.5. The maximum absolute atomic E-state index is 5.22. The number of aromatic nitrogens is 3. The minimum absolute atomic E-state index is 0.403. The molecule has 1 spiro atoms. The van der Waals surface area contributed by atoms with Crippen LogP contribution in [-0.4, -0.2) is 47.9 Å². The molecular weight excluding hydrogens is 302 g/mol. The lowest BCUT2D eigenvalue weighted by Gasteiger charge is -2.60. The number of fused-ring (bicyclic) bond motifs is 1. The van der Waals surface area contributed by atoms with Gasteiger partial charge in [0, 0.05) is 43.5 Å². The third kappa shape index (κ3) is 1.95. The van der Waals surface area contributed by atoms with Crippen LogP contribution in [0.25, 0.3) is 5.65 Å². The maximum Gasteiger partial charge on any atom is 0.231 e. The van der Waals surface area contributed by atoms with Crippen molar-refractivity contribution in [1.29, 1.82) is 0 Å². The topological polar surface area (TPSA) is 45.9 Å². The Labute approximate surface area is 140 Å². The van der Waals surface area contributed by atoms with Crippen molar-refractivity contribution in [2.45, 2.75) is 0 Å². The van der Waals surface area contributed by atoms with Gasteiger partial charge >= 0.3 is 0 Å². The smallest absolute Gasteiger partial charge is 0.231 e. The molecule has 0 N–H and O–H groups in total. The standard InChI is InChI=1S/C18H19N5O/c1-24-15-7-5-14(6-8-15)21-10-18(11-21)12-22(13-18)17-20-19-16-4-2-3-9-23(16)17/h2-9H,10-13H2,1H3. The highest BCUT2D eigenvalue weighted by Crippen LogP contribution is 2.43. The molecular formula is C18H19N5O. The van der Waals surface area contributed by atoms with Gasteiger partial charge < -0.3 is 14.5 Å². The fourth-order valence-electron chi connectivity index (χ4n) is 3.89. The summed E-state index contributed by atoms with van der Waals surface area (Å²) in [6, 6.07) is 14.3. The number of anilines is 2. The zero-order valence-electron chi connectivity index (χ0n) is 13.6. The summed E-state index contributed by atoms with van der Waals surface area (Å²) >= 11 is 0. The van der Waals surface area contributed by atoms with Gasteiger partial charge in [-0.3, -0.25) is 4.40 Å². The fraction of sp³-hybridized carbons (Fsp3) is 0.333. The highest BCUT2D eigenvalue weighted by Gasteiger charge is 2.52. The predicted molar refractivity (Wildman–Crippen MR) is 92.8 cm³/mol. The van der Waals surface area contributed by atoms with Crippen LogP contribution in [0.4, 0.5) is 11.6 Å². The molecule has 3 aromatic rings. The molecule has 0 aliphatic carbocycles. The van der Waals surface area contributed by atoms with Crippen LogP contribution in [0.5, 0.6) is 5.75 Å². The van der Waals surface area contributed by atoms with Crippen LogP contribution < -0.4 is 14.5 Å². The molecule has 4 heterocycles. The van der Waals surface area contributed by atoms with Crippen molar-refractivity contribution < 1.29 is 4.74 Å². The highest BCUT2D eigenvalue weighted by atomic mass is 16.5. The van der Waals surface area contributed by atoms with Crippen LogP contribution in [0, 0.1) is 5.41 Å². The Morgan fingerprint density at radius 2 is 1.67 bits per heavy atom. The molecule has 5 rings (SSSR count). The maximum atomic E-state index is 5.22. The van der Waals surface area contributed by atoms with Gasteiger partial charge in [-0.1, -0.05) is 6.07 Å². The van der Waals surface area contributed by atoms with Crippen molar-refractivity contribution in [3.63, 3.8) is 0 Å². The Morgan fingerprint density at radius 1 is 0.917 bits per heavy atom. The van der Waals surface area contributed by atoms with E-state index in [1.807, 2.05) is 36.5 Å². The van der Waals surface area contributed by atoms with E-state index >= 15 is 0 Å². The number of benzene rings is 1. The fourth-order valence-corrected chi connectivity index (χ4v) is 3.89. The first-order valence-electron chi connectivity index (χ1n) is 8.20. The third-order valence-electron chi connectivity index (χ3n) is 5.12. The molecule has 0 amide bonds. The van der Waals surface area contributed by atoms with Crippen molar-refractivity contribution in [2.24, 2.45) is 5.41 Å². The number of methoxy groups -OCH3 is 1. The summed E-state index contributed by atoms with van der Waals surface area (Å²) in [7, 11) is 1.70. The molecule has 6 nitrogen and oxygen atoms in total. The lowest BCUT2D eigenvalue weighted by Crippen LogP contribution is -2.72. The Balaban J connectivity index is 1.26. The second kappa shape index (κ2) is 4.87. The number of rotatable bonds is 3. The molecule has 0 atom stereocenters. The SMILES string of the molecule is COc1ccc(N2CC3(C2)CN(c2nnc4ccccn24)C3)cc1. The molecule has 0 bridgehead atoms. The van der Waals surface area contributed by atoms with Crippen LogP contribution in [0.2, 0.25) is 0 Å². The van der Waals surface area contributed by atoms with E-state index in [1.54, 1.807) is 7.11 Å². The van der Waals surface area contributed by atoms with Gasteiger partial charge in [0.25, 0.3) is 0 Å². The monoisotopic (exact) mass is 321 g/mol. The molecule has 0 radical (unpaired) electrons. The third-order valence-corrected chi connectivity index (χ3v) is 5.12. The van der Waals surface area contributed by atoms with Crippen molar-refractivity contribution in [2.75, 3.05) is 43.1 Å². The van der Waals surface area contributed by atoms with Gasteiger partial charge in [0.1, 0.15) is 5.75 Å². The molecule has 2 saturated heterocycles. The Morgan fingerprint density at radius 3 is 2.42 bits per heavy atom. The number of hydrogen-bond donors (Lipinski definition) is 0. The van der Waals surface area contributed by atoms with Crippen LogP contribution >= 0.6 is 0 Å². The van der Waals surface area contributed by atoms with Gasteiger partial charge in [-0.05, 0) is 36.4 Å². The number of pyridine rings is 1. The zero-order valence-corrected chi connectivity index (χ0v) is 13.6. The Kier molecular flexibility index (Phi) is 2.77. The summed E-state index contributed by atoms with van der Waals surface area (Å²) in [6.45, 7) is 4.31. The van der Waals surface area contributed by atoms with Gasteiger partial charge in [-0.2, -0.15) is 0 Å². The molecule has 1 aromatic carbocycles. The quantitative estimate of drug-likeness (QED) is 0.739. The van der Waals surface area contributed by atoms with Crippen molar-refractivity contribution in [3.8, 4) is 5.75 Å². The van der Waals surface area contributed by atoms with Crippen LogP contribution in [0.3, 0.4) is 0 Å². The Hall–Kier alpha value is -2.76. The van der Waals surface area contributed by atoms with Crippen molar-refractivity contribution >= 4 is 17.3 Å². The Bertz CT molecular complexity index is 874. The summed E-state index contributed by atoms with van der Waals surface area (Å²) in [6.07, 6.45) is 2.03. The van der Waals surface area contributed by atoms with Crippen LogP contribution in [0.1, 0.15) is 0 Å². The van der Waals surface area contributed by atoms with Crippen molar-refractivity contribution in [1.82, 2.24) is 14.6 Å². The molecule has 24 heavy (non-hydrogen) atoms. The highest BCUT2D eigenvalue weighted by molar-refractivity contribution is 5.55. The second-order valence-corrected chi connectivity index (χ2v) is 6.84. The van der Waals surface area contributed by atoms with Gasteiger partial charge in [-0.15, -0.1) is 10.2 Å². The van der Waals surface area contributed by atoms with E-state index in [9.17, 15) is 0 Å². The summed E-state index contributed by atoms with van der Waals surface area (Å²) in [5.41, 5.74) is 2.58. The summed E-state index contributed by atoms with van der Waals surface area (Å²) < 4.78 is 7.29. The molecule has 2 aliphatic rings. The largest absolute Gasteiger partial charge is 0.497 e. The van der Waals surface area contributed by atoms with Crippen molar-refractivity contribution in [3.05, 3.63) is 48.7 Å². The molecule has 2 aliphatic heterocycles. The summed E-state index contributed by atoms with van der Waals surface area (Å²) in [4.78, 5) is 4.75. The number of ether oxygens (including phenoxy) is 1. The van der Waals surface area contributed by atoms with E-state index < -0.39 is 0 Å². The van der Waals surface area contributed by atoms with E-state index in [0.717, 1.165) is 43.5 Å². The molecule has 2 aromatic heterocycles. The lowest BCUT2D eigenvalue weighted by molar-refractivity contribution is 0.154. The minimum Gasteiger partial charge on any atom is -0.497 e.